The van der Waals surface area contributed by atoms with Gasteiger partial charge in [0, 0.05) is 12.6 Å². The minimum atomic E-state index is -0.459. The molecule has 3 nitrogen and oxygen atoms in total. The topological polar surface area (TPSA) is 41.5 Å². The van der Waals surface area contributed by atoms with Crippen molar-refractivity contribution in [3.05, 3.63) is 29.3 Å². The summed E-state index contributed by atoms with van der Waals surface area (Å²) in [7, 11) is 0. The Morgan fingerprint density at radius 3 is 2.81 bits per heavy atom. The smallest absolute Gasteiger partial charge is 0.122 e. The Kier molecular flexibility index (Phi) is 6.07. The van der Waals surface area contributed by atoms with Gasteiger partial charge in [0.25, 0.3) is 0 Å². The number of aliphatic hydroxyl groups is 1. The summed E-state index contributed by atoms with van der Waals surface area (Å²) in [5, 5.41) is 13.6. The molecule has 0 spiro atoms. The van der Waals surface area contributed by atoms with Crippen LogP contribution in [0.5, 0.6) is 5.75 Å². The molecule has 1 aliphatic carbocycles. The monoisotopic (exact) mass is 291 g/mol. The first-order valence-corrected chi connectivity index (χ1v) is 8.17. The Balaban J connectivity index is 1.74. The van der Waals surface area contributed by atoms with Crippen LogP contribution < -0.4 is 10.1 Å². The maximum absolute atomic E-state index is 10.1. The molecule has 1 aromatic carbocycles. The molecule has 0 bridgehead atoms. The number of nitrogens with one attached hydrogen (secondary N) is 1. The van der Waals surface area contributed by atoms with Gasteiger partial charge < -0.3 is 15.2 Å². The highest BCUT2D eigenvalue weighted by Crippen LogP contribution is 2.23. The van der Waals surface area contributed by atoms with Crippen molar-refractivity contribution in [1.29, 1.82) is 0 Å². The molecule has 118 valence electrons. The molecule has 0 heterocycles. The second-order valence-electron chi connectivity index (χ2n) is 6.51. The largest absolute Gasteiger partial charge is 0.491 e. The van der Waals surface area contributed by atoms with E-state index in [-0.39, 0.29) is 0 Å². The van der Waals surface area contributed by atoms with E-state index in [9.17, 15) is 5.11 Å². The lowest BCUT2D eigenvalue weighted by Gasteiger charge is -2.30. The van der Waals surface area contributed by atoms with Crippen LogP contribution in [0.15, 0.2) is 18.2 Å². The fourth-order valence-electron chi connectivity index (χ4n) is 3.01. The van der Waals surface area contributed by atoms with Gasteiger partial charge in [-0.15, -0.1) is 0 Å². The highest BCUT2D eigenvalue weighted by molar-refractivity contribution is 5.35. The second kappa shape index (κ2) is 7.81. The summed E-state index contributed by atoms with van der Waals surface area (Å²) in [4.78, 5) is 0. The van der Waals surface area contributed by atoms with Crippen molar-refractivity contribution in [3.63, 3.8) is 0 Å². The summed E-state index contributed by atoms with van der Waals surface area (Å²) in [6.45, 7) is 7.34. The van der Waals surface area contributed by atoms with Gasteiger partial charge in [-0.25, -0.2) is 0 Å². The van der Waals surface area contributed by atoms with E-state index >= 15 is 0 Å². The van der Waals surface area contributed by atoms with E-state index in [1.807, 2.05) is 13.0 Å². The van der Waals surface area contributed by atoms with E-state index in [0.29, 0.717) is 25.1 Å². The molecular weight excluding hydrogens is 262 g/mol. The molecule has 21 heavy (non-hydrogen) atoms. The van der Waals surface area contributed by atoms with Crippen LogP contribution >= 0.6 is 0 Å². The number of hydrogen-bond donors (Lipinski definition) is 2. The lowest BCUT2D eigenvalue weighted by Crippen LogP contribution is -2.42. The number of ether oxygens (including phenoxy) is 1. The first-order chi connectivity index (χ1) is 10.1. The number of aryl methyl sites for hydroxylation is 2. The Morgan fingerprint density at radius 1 is 1.29 bits per heavy atom. The molecule has 3 unspecified atom stereocenters. The average molecular weight is 291 g/mol. The molecule has 0 saturated heterocycles. The van der Waals surface area contributed by atoms with Crippen LogP contribution in [0.3, 0.4) is 0 Å². The third-order valence-corrected chi connectivity index (χ3v) is 4.50. The van der Waals surface area contributed by atoms with Gasteiger partial charge in [0.05, 0.1) is 0 Å². The summed E-state index contributed by atoms with van der Waals surface area (Å²) >= 11 is 0. The molecule has 3 heteroatoms. The highest BCUT2D eigenvalue weighted by atomic mass is 16.5. The van der Waals surface area contributed by atoms with Crippen LogP contribution in [-0.4, -0.2) is 30.4 Å². The zero-order valence-corrected chi connectivity index (χ0v) is 13.6. The van der Waals surface area contributed by atoms with Crippen LogP contribution in [0.25, 0.3) is 0 Å². The average Bonchev–Trinajstić information content (AvgIpc) is 2.47. The van der Waals surface area contributed by atoms with Gasteiger partial charge in [-0.1, -0.05) is 31.9 Å². The Morgan fingerprint density at radius 2 is 2.05 bits per heavy atom. The summed E-state index contributed by atoms with van der Waals surface area (Å²) in [6, 6.07) is 6.71. The maximum Gasteiger partial charge on any atom is 0.122 e. The summed E-state index contributed by atoms with van der Waals surface area (Å²) in [5.74, 6) is 1.59. The van der Waals surface area contributed by atoms with Crippen LogP contribution in [-0.2, 0) is 0 Å². The van der Waals surface area contributed by atoms with Gasteiger partial charge in [0.2, 0.25) is 0 Å². The predicted octanol–water partition coefficient (Wildman–Crippen LogP) is 3.21. The van der Waals surface area contributed by atoms with E-state index in [4.69, 9.17) is 4.74 Å². The lowest BCUT2D eigenvalue weighted by molar-refractivity contribution is 0.0981. The lowest BCUT2D eigenvalue weighted by atomic mass is 9.86. The van der Waals surface area contributed by atoms with Gasteiger partial charge >= 0.3 is 0 Å². The number of rotatable bonds is 6. The van der Waals surface area contributed by atoms with Crippen LogP contribution in [0, 0.1) is 19.8 Å². The molecule has 0 radical (unpaired) electrons. The minimum Gasteiger partial charge on any atom is -0.491 e. The van der Waals surface area contributed by atoms with Crippen molar-refractivity contribution >= 4 is 0 Å². The number of benzene rings is 1. The number of hydrogen-bond acceptors (Lipinski definition) is 3. The van der Waals surface area contributed by atoms with Crippen molar-refractivity contribution in [1.82, 2.24) is 5.32 Å². The summed E-state index contributed by atoms with van der Waals surface area (Å²) < 4.78 is 5.76. The Hall–Kier alpha value is -1.06. The van der Waals surface area contributed by atoms with E-state index in [1.54, 1.807) is 0 Å². The molecule has 0 aliphatic heterocycles. The van der Waals surface area contributed by atoms with Crippen molar-refractivity contribution in [3.8, 4) is 5.75 Å². The summed E-state index contributed by atoms with van der Waals surface area (Å²) in [6.07, 6.45) is 4.71. The third-order valence-electron chi connectivity index (χ3n) is 4.50. The molecule has 0 amide bonds. The van der Waals surface area contributed by atoms with Gasteiger partial charge in [0.15, 0.2) is 0 Å². The SMILES string of the molecule is Cc1ccc(C)c(OCC(O)CNC2CCCCC2C)c1. The predicted molar refractivity (Wildman–Crippen MR) is 86.8 cm³/mol. The Bertz CT molecular complexity index is 447. The maximum atomic E-state index is 10.1. The highest BCUT2D eigenvalue weighted by Gasteiger charge is 2.21. The van der Waals surface area contributed by atoms with Gasteiger partial charge in [0.1, 0.15) is 18.5 Å². The quantitative estimate of drug-likeness (QED) is 0.845. The van der Waals surface area contributed by atoms with Crippen LogP contribution in [0.4, 0.5) is 0 Å². The van der Waals surface area contributed by atoms with Gasteiger partial charge in [-0.2, -0.15) is 0 Å². The molecular formula is C18H29NO2. The van der Waals surface area contributed by atoms with Crippen molar-refractivity contribution in [2.45, 2.75) is 58.6 Å². The molecule has 3 atom stereocenters. The van der Waals surface area contributed by atoms with Gasteiger partial charge in [-0.05, 0) is 49.8 Å². The first-order valence-electron chi connectivity index (χ1n) is 8.17. The van der Waals surface area contributed by atoms with E-state index < -0.39 is 6.10 Å². The van der Waals surface area contributed by atoms with E-state index in [0.717, 1.165) is 11.3 Å². The van der Waals surface area contributed by atoms with E-state index in [2.05, 4.69) is 31.3 Å². The minimum absolute atomic E-state index is 0.346. The zero-order chi connectivity index (χ0) is 15.2. The standard InChI is InChI=1S/C18H29NO2/c1-13-8-9-15(3)18(10-13)21-12-16(20)11-19-17-7-5-4-6-14(17)2/h8-10,14,16-17,19-20H,4-7,11-12H2,1-3H3. The van der Waals surface area contributed by atoms with Crippen molar-refractivity contribution in [2.24, 2.45) is 5.92 Å². The van der Waals surface area contributed by atoms with Gasteiger partial charge in [-0.3, -0.25) is 0 Å². The molecule has 2 rings (SSSR count). The molecule has 1 fully saturated rings. The molecule has 0 aromatic heterocycles. The molecule has 1 saturated carbocycles. The molecule has 1 aromatic rings. The van der Waals surface area contributed by atoms with Crippen LogP contribution in [0.1, 0.15) is 43.7 Å². The van der Waals surface area contributed by atoms with E-state index in [1.165, 1.54) is 31.2 Å². The van der Waals surface area contributed by atoms with Crippen molar-refractivity contribution < 1.29 is 9.84 Å². The van der Waals surface area contributed by atoms with Crippen molar-refractivity contribution in [2.75, 3.05) is 13.2 Å². The molecule has 2 N–H and O–H groups in total. The third kappa shape index (κ3) is 5.01. The first kappa shape index (κ1) is 16.3. The molecule has 1 aliphatic rings. The number of aliphatic hydroxyl groups excluding tert-OH is 1. The summed E-state index contributed by atoms with van der Waals surface area (Å²) in [5.41, 5.74) is 2.29. The Labute approximate surface area is 128 Å². The fourth-order valence-corrected chi connectivity index (χ4v) is 3.01. The fraction of sp³-hybridized carbons (Fsp3) is 0.667. The zero-order valence-electron chi connectivity index (χ0n) is 13.6. The van der Waals surface area contributed by atoms with Crippen LogP contribution in [0.2, 0.25) is 0 Å². The second-order valence-corrected chi connectivity index (χ2v) is 6.51. The normalized spacial score (nSPS) is 23.8.